The van der Waals surface area contributed by atoms with Crippen LogP contribution in [0.3, 0.4) is 0 Å². The summed E-state index contributed by atoms with van der Waals surface area (Å²) in [5, 5.41) is 18.6. The SMILES string of the molecule is CC(C)(C)OC(=O)C(N)(C(=O)OC(C)(C)C)C(N)(CCO)CCO. The lowest BCUT2D eigenvalue weighted by Crippen LogP contribution is -2.76. The van der Waals surface area contributed by atoms with E-state index >= 15 is 0 Å². The summed E-state index contributed by atoms with van der Waals surface area (Å²) in [7, 11) is 0. The summed E-state index contributed by atoms with van der Waals surface area (Å²) in [6.45, 7) is 8.87. The number of aliphatic hydroxyl groups excluding tert-OH is 2. The standard InChI is InChI=1S/C16H32N2O6/c1-13(2,3)23-11(21)16(18,12(22)24-14(4,5)6)15(17,7-9-19)8-10-20/h19-20H,7-10,17-18H2,1-6H3. The van der Waals surface area contributed by atoms with E-state index in [1.165, 1.54) is 0 Å². The van der Waals surface area contributed by atoms with Crippen molar-refractivity contribution < 1.29 is 29.3 Å². The van der Waals surface area contributed by atoms with Crippen LogP contribution < -0.4 is 11.5 Å². The minimum absolute atomic E-state index is 0.192. The normalized spacial score (nSPS) is 13.6. The maximum Gasteiger partial charge on any atom is 0.340 e. The van der Waals surface area contributed by atoms with Crippen LogP contribution >= 0.6 is 0 Å². The zero-order valence-electron chi connectivity index (χ0n) is 15.5. The van der Waals surface area contributed by atoms with Crippen LogP contribution in [0.1, 0.15) is 54.4 Å². The molecular formula is C16H32N2O6. The summed E-state index contributed by atoms with van der Waals surface area (Å²) in [6.07, 6.45) is -0.384. The van der Waals surface area contributed by atoms with Crippen molar-refractivity contribution in [2.45, 2.75) is 76.7 Å². The Labute approximate surface area is 143 Å². The molecule has 0 heterocycles. The summed E-state index contributed by atoms with van der Waals surface area (Å²) in [6, 6.07) is 0. The average Bonchev–Trinajstić information content (AvgIpc) is 2.33. The number of aliphatic hydroxyl groups is 2. The highest BCUT2D eigenvalue weighted by Gasteiger charge is 2.60. The van der Waals surface area contributed by atoms with Gasteiger partial charge in [-0.2, -0.15) is 0 Å². The van der Waals surface area contributed by atoms with E-state index in [0.717, 1.165) is 0 Å². The van der Waals surface area contributed by atoms with Crippen LogP contribution in [0.2, 0.25) is 0 Å². The lowest BCUT2D eigenvalue weighted by atomic mass is 9.73. The molecule has 6 N–H and O–H groups in total. The largest absolute Gasteiger partial charge is 0.458 e. The number of hydrogen-bond donors (Lipinski definition) is 4. The molecule has 0 rings (SSSR count). The maximum atomic E-state index is 12.7. The Morgan fingerprint density at radius 2 is 1.08 bits per heavy atom. The van der Waals surface area contributed by atoms with E-state index in [0.29, 0.717) is 0 Å². The molecule has 0 amide bonds. The van der Waals surface area contributed by atoms with Crippen LogP contribution in [0.5, 0.6) is 0 Å². The van der Waals surface area contributed by atoms with Crippen molar-refractivity contribution >= 4 is 11.9 Å². The van der Waals surface area contributed by atoms with Gasteiger partial charge in [0, 0.05) is 13.2 Å². The number of carbonyl (C=O) groups is 2. The molecular weight excluding hydrogens is 316 g/mol. The molecule has 0 unspecified atom stereocenters. The van der Waals surface area contributed by atoms with Crippen LogP contribution in [0.15, 0.2) is 0 Å². The Kier molecular flexibility index (Phi) is 7.38. The quantitative estimate of drug-likeness (QED) is 0.366. The van der Waals surface area contributed by atoms with Crippen molar-refractivity contribution in [1.29, 1.82) is 0 Å². The van der Waals surface area contributed by atoms with Gasteiger partial charge >= 0.3 is 11.9 Å². The molecule has 0 aliphatic carbocycles. The Morgan fingerprint density at radius 1 is 0.792 bits per heavy atom. The van der Waals surface area contributed by atoms with Crippen molar-refractivity contribution in [2.24, 2.45) is 11.5 Å². The van der Waals surface area contributed by atoms with Gasteiger partial charge in [0.15, 0.2) is 0 Å². The summed E-state index contributed by atoms with van der Waals surface area (Å²) < 4.78 is 10.5. The average molecular weight is 348 g/mol. The van der Waals surface area contributed by atoms with Gasteiger partial charge in [0.05, 0.1) is 5.54 Å². The topological polar surface area (TPSA) is 145 Å². The maximum absolute atomic E-state index is 12.7. The first kappa shape index (κ1) is 22.8. The molecule has 0 aliphatic heterocycles. The minimum atomic E-state index is -2.38. The summed E-state index contributed by atoms with van der Waals surface area (Å²) >= 11 is 0. The smallest absolute Gasteiger partial charge is 0.340 e. The van der Waals surface area contributed by atoms with E-state index in [9.17, 15) is 19.8 Å². The molecule has 0 atom stereocenters. The second-order valence-corrected chi connectivity index (χ2v) is 7.92. The number of nitrogens with two attached hydrogens (primary N) is 2. The molecule has 8 heteroatoms. The van der Waals surface area contributed by atoms with Crippen LogP contribution in [-0.2, 0) is 19.1 Å². The molecule has 142 valence electrons. The molecule has 0 saturated carbocycles. The molecule has 0 fully saturated rings. The van der Waals surface area contributed by atoms with Gasteiger partial charge in [-0.1, -0.05) is 0 Å². The Balaban J connectivity index is 6.06. The van der Waals surface area contributed by atoms with Gasteiger partial charge < -0.3 is 31.2 Å². The summed E-state index contributed by atoms with van der Waals surface area (Å²) in [5.41, 5.74) is 6.41. The molecule has 0 spiro atoms. The third kappa shape index (κ3) is 5.70. The fourth-order valence-electron chi connectivity index (χ4n) is 2.13. The van der Waals surface area contributed by atoms with E-state index in [1.54, 1.807) is 41.5 Å². The molecule has 0 bridgehead atoms. The first-order valence-electron chi connectivity index (χ1n) is 7.89. The van der Waals surface area contributed by atoms with E-state index in [2.05, 4.69) is 0 Å². The molecule has 0 saturated heterocycles. The van der Waals surface area contributed by atoms with Crippen molar-refractivity contribution in [2.75, 3.05) is 13.2 Å². The number of esters is 2. The summed E-state index contributed by atoms with van der Waals surface area (Å²) in [4.78, 5) is 25.4. The number of hydrogen-bond acceptors (Lipinski definition) is 8. The second kappa shape index (κ2) is 7.77. The van der Waals surface area contributed by atoms with E-state index in [-0.39, 0.29) is 12.8 Å². The van der Waals surface area contributed by atoms with Crippen LogP contribution in [0.25, 0.3) is 0 Å². The fourth-order valence-corrected chi connectivity index (χ4v) is 2.13. The van der Waals surface area contributed by atoms with E-state index in [1.807, 2.05) is 0 Å². The van der Waals surface area contributed by atoms with Crippen LogP contribution in [0.4, 0.5) is 0 Å². The van der Waals surface area contributed by atoms with Crippen molar-refractivity contribution in [1.82, 2.24) is 0 Å². The monoisotopic (exact) mass is 348 g/mol. The lowest BCUT2D eigenvalue weighted by molar-refractivity contribution is -0.182. The van der Waals surface area contributed by atoms with Gasteiger partial charge in [-0.3, -0.25) is 0 Å². The van der Waals surface area contributed by atoms with Gasteiger partial charge in [0.25, 0.3) is 0 Å². The van der Waals surface area contributed by atoms with Gasteiger partial charge in [-0.25, -0.2) is 9.59 Å². The molecule has 0 aromatic rings. The van der Waals surface area contributed by atoms with Crippen molar-refractivity contribution in [3.8, 4) is 0 Å². The summed E-state index contributed by atoms with van der Waals surface area (Å²) in [5.74, 6) is -2.12. The number of ether oxygens (including phenoxy) is 2. The molecule has 0 aromatic carbocycles. The number of carbonyl (C=O) groups excluding carboxylic acids is 2. The third-order valence-electron chi connectivity index (χ3n) is 3.34. The lowest BCUT2D eigenvalue weighted by Gasteiger charge is -2.43. The Hall–Kier alpha value is -1.22. The first-order chi connectivity index (χ1) is 10.6. The van der Waals surface area contributed by atoms with Crippen LogP contribution in [0, 0.1) is 0 Å². The Bertz CT molecular complexity index is 416. The van der Waals surface area contributed by atoms with Gasteiger partial charge in [0.2, 0.25) is 5.54 Å². The highest BCUT2D eigenvalue weighted by Crippen LogP contribution is 2.30. The van der Waals surface area contributed by atoms with E-state index in [4.69, 9.17) is 20.9 Å². The molecule has 8 nitrogen and oxygen atoms in total. The first-order valence-corrected chi connectivity index (χ1v) is 7.89. The third-order valence-corrected chi connectivity index (χ3v) is 3.34. The zero-order chi connectivity index (χ0) is 19.4. The van der Waals surface area contributed by atoms with Gasteiger partial charge in [-0.05, 0) is 54.4 Å². The molecule has 0 aliphatic rings. The zero-order valence-corrected chi connectivity index (χ0v) is 15.5. The highest BCUT2D eigenvalue weighted by atomic mass is 16.6. The predicted molar refractivity (Wildman–Crippen MR) is 88.9 cm³/mol. The fraction of sp³-hybridized carbons (Fsp3) is 0.875. The second-order valence-electron chi connectivity index (χ2n) is 7.92. The van der Waals surface area contributed by atoms with Crippen LogP contribution in [-0.4, -0.2) is 57.6 Å². The Morgan fingerprint density at radius 3 is 1.29 bits per heavy atom. The van der Waals surface area contributed by atoms with Gasteiger partial charge in [0.1, 0.15) is 11.2 Å². The van der Waals surface area contributed by atoms with E-state index < -0.39 is 47.4 Å². The van der Waals surface area contributed by atoms with Gasteiger partial charge in [-0.15, -0.1) is 0 Å². The molecule has 24 heavy (non-hydrogen) atoms. The van der Waals surface area contributed by atoms with Crippen molar-refractivity contribution in [3.63, 3.8) is 0 Å². The number of rotatable bonds is 7. The molecule has 0 radical (unpaired) electrons. The highest BCUT2D eigenvalue weighted by molar-refractivity contribution is 6.07. The minimum Gasteiger partial charge on any atom is -0.458 e. The molecule has 0 aromatic heterocycles. The predicted octanol–water partition coefficient (Wildman–Crippen LogP) is -0.170. The van der Waals surface area contributed by atoms with Crippen molar-refractivity contribution in [3.05, 3.63) is 0 Å².